The summed E-state index contributed by atoms with van der Waals surface area (Å²) < 4.78 is 5.22. The molecule has 0 saturated carbocycles. The van der Waals surface area contributed by atoms with Crippen molar-refractivity contribution in [2.24, 2.45) is 0 Å². The molecule has 0 aliphatic carbocycles. The van der Waals surface area contributed by atoms with Gasteiger partial charge in [0.2, 0.25) is 0 Å². The van der Waals surface area contributed by atoms with Crippen LogP contribution in [0.1, 0.15) is 75.9 Å². The third-order valence-electron chi connectivity index (χ3n) is 4.73. The summed E-state index contributed by atoms with van der Waals surface area (Å²) >= 11 is 0. The third kappa shape index (κ3) is 9.21. The van der Waals surface area contributed by atoms with E-state index in [0.29, 0.717) is 36.1 Å². The average molecular weight is 472 g/mol. The van der Waals surface area contributed by atoms with Crippen molar-refractivity contribution in [3.05, 3.63) is 35.5 Å². The zero-order valence-corrected chi connectivity index (χ0v) is 21.0. The summed E-state index contributed by atoms with van der Waals surface area (Å²) in [5.74, 6) is 1.48. The average Bonchev–Trinajstić information content (AvgIpc) is 2.77. The maximum absolute atomic E-state index is 12.9. The molecular weight excluding hydrogens is 434 g/mol. The van der Waals surface area contributed by atoms with Gasteiger partial charge in [0.25, 0.3) is 5.91 Å². The van der Waals surface area contributed by atoms with E-state index in [1.165, 1.54) is 0 Å². The normalized spacial score (nSPS) is 11.1. The van der Waals surface area contributed by atoms with Gasteiger partial charge in [-0.3, -0.25) is 4.79 Å². The lowest BCUT2D eigenvalue weighted by Gasteiger charge is -2.19. The van der Waals surface area contributed by atoms with Gasteiger partial charge in [-0.05, 0) is 70.2 Å². The van der Waals surface area contributed by atoms with E-state index in [0.717, 1.165) is 25.0 Å². The minimum atomic E-state index is -0.503. The Morgan fingerprint density at radius 2 is 1.68 bits per heavy atom. The molecule has 10 nitrogen and oxygen atoms in total. The number of anilines is 3. The van der Waals surface area contributed by atoms with Gasteiger partial charge in [0, 0.05) is 20.1 Å². The SMILES string of the molecule is CNc1ccc(C(=O)Nc2ccc(C(C)C)nn2)c(NCCCCCNC(=O)OC(C)(C)C)n1. The summed E-state index contributed by atoms with van der Waals surface area (Å²) in [7, 11) is 1.77. The maximum atomic E-state index is 12.9. The second-order valence-electron chi connectivity index (χ2n) is 9.21. The van der Waals surface area contributed by atoms with E-state index in [2.05, 4.69) is 36.4 Å². The van der Waals surface area contributed by atoms with Crippen LogP contribution in [-0.2, 0) is 4.74 Å². The summed E-state index contributed by atoms with van der Waals surface area (Å²) in [5, 5.41) is 20.0. The Hall–Kier alpha value is -3.43. The van der Waals surface area contributed by atoms with Crippen molar-refractivity contribution in [1.29, 1.82) is 0 Å². The Labute approximate surface area is 201 Å². The van der Waals surface area contributed by atoms with Crippen molar-refractivity contribution in [1.82, 2.24) is 20.5 Å². The summed E-state index contributed by atoms with van der Waals surface area (Å²) in [5.41, 5.74) is 0.777. The molecular formula is C24H37N7O3. The fourth-order valence-corrected chi connectivity index (χ4v) is 2.96. The maximum Gasteiger partial charge on any atom is 0.407 e. The number of alkyl carbamates (subject to hydrolysis) is 1. The van der Waals surface area contributed by atoms with Gasteiger partial charge in [-0.2, -0.15) is 5.10 Å². The van der Waals surface area contributed by atoms with Gasteiger partial charge >= 0.3 is 6.09 Å². The molecule has 0 bridgehead atoms. The highest BCUT2D eigenvalue weighted by molar-refractivity contribution is 6.07. The highest BCUT2D eigenvalue weighted by Gasteiger charge is 2.16. The van der Waals surface area contributed by atoms with Gasteiger partial charge in [0.1, 0.15) is 17.2 Å². The van der Waals surface area contributed by atoms with Crippen LogP contribution in [0.5, 0.6) is 0 Å². The van der Waals surface area contributed by atoms with Crippen LogP contribution in [0.4, 0.5) is 22.2 Å². The number of hydrogen-bond acceptors (Lipinski definition) is 8. The fourth-order valence-electron chi connectivity index (χ4n) is 2.96. The number of carbonyl (C=O) groups excluding carboxylic acids is 2. The number of rotatable bonds is 11. The van der Waals surface area contributed by atoms with E-state index in [4.69, 9.17) is 4.74 Å². The topological polar surface area (TPSA) is 130 Å². The first kappa shape index (κ1) is 26.8. The lowest BCUT2D eigenvalue weighted by molar-refractivity contribution is 0.0527. The van der Waals surface area contributed by atoms with E-state index < -0.39 is 11.7 Å². The van der Waals surface area contributed by atoms with E-state index in [-0.39, 0.29) is 11.8 Å². The molecule has 0 aliphatic heterocycles. The second-order valence-corrected chi connectivity index (χ2v) is 9.21. The van der Waals surface area contributed by atoms with Gasteiger partial charge in [0.05, 0.1) is 11.3 Å². The van der Waals surface area contributed by atoms with Crippen molar-refractivity contribution in [2.75, 3.05) is 36.1 Å². The Bertz CT molecular complexity index is 941. The van der Waals surface area contributed by atoms with Crippen molar-refractivity contribution >= 4 is 29.5 Å². The van der Waals surface area contributed by atoms with Crippen molar-refractivity contribution < 1.29 is 14.3 Å². The van der Waals surface area contributed by atoms with Crippen molar-refractivity contribution in [2.45, 2.75) is 65.4 Å². The highest BCUT2D eigenvalue weighted by Crippen LogP contribution is 2.19. The molecule has 0 aliphatic rings. The number of pyridine rings is 1. The Kier molecular flexibility index (Phi) is 10.0. The van der Waals surface area contributed by atoms with Crippen molar-refractivity contribution in [3.63, 3.8) is 0 Å². The molecule has 0 saturated heterocycles. The first-order chi connectivity index (χ1) is 16.1. The largest absolute Gasteiger partial charge is 0.444 e. The standard InChI is InChI=1S/C24H37N7O3/c1-16(2)18-11-13-20(31-30-18)29-22(32)17-10-12-19(25-6)28-21(17)26-14-8-7-9-15-27-23(33)34-24(3,4)5/h10-13,16H,7-9,14-15H2,1-6H3,(H,27,33)(H2,25,26,28)(H,29,31,32). The molecule has 0 aromatic carbocycles. The molecule has 34 heavy (non-hydrogen) atoms. The summed E-state index contributed by atoms with van der Waals surface area (Å²) in [4.78, 5) is 29.0. The highest BCUT2D eigenvalue weighted by atomic mass is 16.6. The van der Waals surface area contributed by atoms with Gasteiger partial charge in [-0.15, -0.1) is 5.10 Å². The summed E-state index contributed by atoms with van der Waals surface area (Å²) in [6.45, 7) is 10.8. The van der Waals surface area contributed by atoms with Gasteiger partial charge in [0.15, 0.2) is 5.82 Å². The summed E-state index contributed by atoms with van der Waals surface area (Å²) in [6, 6.07) is 7.06. The van der Waals surface area contributed by atoms with Crippen molar-refractivity contribution in [3.8, 4) is 0 Å². The van der Waals surface area contributed by atoms with Gasteiger partial charge in [-0.25, -0.2) is 9.78 Å². The molecule has 2 heterocycles. The molecule has 0 atom stereocenters. The summed E-state index contributed by atoms with van der Waals surface area (Å²) in [6.07, 6.45) is 2.17. The van der Waals surface area contributed by atoms with E-state index in [1.54, 1.807) is 25.2 Å². The van der Waals surface area contributed by atoms with Crippen LogP contribution in [0.15, 0.2) is 24.3 Å². The molecule has 0 radical (unpaired) electrons. The van der Waals surface area contributed by atoms with Crippen LogP contribution in [0.2, 0.25) is 0 Å². The van der Waals surface area contributed by atoms with Crippen LogP contribution in [0.3, 0.4) is 0 Å². The Balaban J connectivity index is 1.86. The molecule has 186 valence electrons. The fraction of sp³-hybridized carbons (Fsp3) is 0.542. The molecule has 0 fully saturated rings. The quantitative estimate of drug-likeness (QED) is 0.355. The Morgan fingerprint density at radius 1 is 0.971 bits per heavy atom. The molecule has 2 aromatic heterocycles. The number of ether oxygens (including phenoxy) is 1. The third-order valence-corrected chi connectivity index (χ3v) is 4.73. The van der Waals surface area contributed by atoms with Crippen LogP contribution < -0.4 is 21.3 Å². The van der Waals surface area contributed by atoms with Crippen LogP contribution in [0, 0.1) is 0 Å². The first-order valence-corrected chi connectivity index (χ1v) is 11.6. The number of carbonyl (C=O) groups is 2. The lowest BCUT2D eigenvalue weighted by atomic mass is 10.1. The van der Waals surface area contributed by atoms with E-state index >= 15 is 0 Å². The van der Waals surface area contributed by atoms with Crippen LogP contribution >= 0.6 is 0 Å². The molecule has 4 N–H and O–H groups in total. The molecule has 0 spiro atoms. The van der Waals surface area contributed by atoms with E-state index in [9.17, 15) is 9.59 Å². The number of amides is 2. The molecule has 2 rings (SSSR count). The van der Waals surface area contributed by atoms with E-state index in [1.807, 2.05) is 40.7 Å². The Morgan fingerprint density at radius 3 is 2.29 bits per heavy atom. The minimum absolute atomic E-state index is 0.263. The predicted octanol–water partition coefficient (Wildman–Crippen LogP) is 4.40. The van der Waals surface area contributed by atoms with Gasteiger partial charge in [-0.1, -0.05) is 13.8 Å². The zero-order chi connectivity index (χ0) is 25.1. The number of aromatic nitrogens is 3. The number of hydrogen-bond donors (Lipinski definition) is 4. The van der Waals surface area contributed by atoms with Crippen LogP contribution in [-0.4, -0.2) is 52.9 Å². The molecule has 2 amide bonds. The second kappa shape index (κ2) is 12.7. The monoisotopic (exact) mass is 471 g/mol. The molecule has 2 aromatic rings. The number of nitrogens with zero attached hydrogens (tertiary/aromatic N) is 3. The number of unbranched alkanes of at least 4 members (excludes halogenated alkanes) is 2. The predicted molar refractivity (Wildman–Crippen MR) is 134 cm³/mol. The first-order valence-electron chi connectivity index (χ1n) is 11.6. The van der Waals surface area contributed by atoms with Crippen LogP contribution in [0.25, 0.3) is 0 Å². The van der Waals surface area contributed by atoms with Gasteiger partial charge < -0.3 is 26.0 Å². The smallest absolute Gasteiger partial charge is 0.407 e. The minimum Gasteiger partial charge on any atom is -0.444 e. The molecule has 0 unspecified atom stereocenters. The lowest BCUT2D eigenvalue weighted by Crippen LogP contribution is -2.33. The zero-order valence-electron chi connectivity index (χ0n) is 21.0. The number of nitrogens with one attached hydrogen (secondary N) is 4. The molecule has 10 heteroatoms.